The third-order valence-electron chi connectivity index (χ3n) is 2.45. The molecule has 0 aliphatic carbocycles. The van der Waals surface area contributed by atoms with Crippen LogP contribution in [0, 0.1) is 15.9 Å². The van der Waals surface area contributed by atoms with E-state index in [1.807, 2.05) is 4.72 Å². The lowest BCUT2D eigenvalue weighted by atomic mass is 10.3. The normalized spacial score (nSPS) is 11.4. The highest BCUT2D eigenvalue weighted by Crippen LogP contribution is 2.21. The molecule has 21 heavy (non-hydrogen) atoms. The number of non-ortho nitro benzene ring substituents is 1. The van der Waals surface area contributed by atoms with Gasteiger partial charge in [0, 0.05) is 19.7 Å². The Morgan fingerprint density at radius 3 is 2.62 bits per heavy atom. The number of nitrogens with one attached hydrogen (secondary N) is 1. The van der Waals surface area contributed by atoms with Crippen LogP contribution in [0.4, 0.5) is 15.8 Å². The summed E-state index contributed by atoms with van der Waals surface area (Å²) in [4.78, 5) is 20.0. The van der Waals surface area contributed by atoms with Gasteiger partial charge in [0.2, 0.25) is 0 Å². The predicted octanol–water partition coefficient (Wildman–Crippen LogP) is 0.797. The van der Waals surface area contributed by atoms with Crippen molar-refractivity contribution in [3.8, 4) is 0 Å². The summed E-state index contributed by atoms with van der Waals surface area (Å²) in [6, 6.07) is 2.43. The highest BCUT2D eigenvalue weighted by atomic mass is 32.2. The number of anilines is 1. The van der Waals surface area contributed by atoms with Crippen LogP contribution < -0.4 is 4.72 Å². The van der Waals surface area contributed by atoms with E-state index in [0.29, 0.717) is 10.4 Å². The van der Waals surface area contributed by atoms with Gasteiger partial charge in [0.15, 0.2) is 5.82 Å². The fourth-order valence-corrected chi connectivity index (χ4v) is 2.22. The van der Waals surface area contributed by atoms with Gasteiger partial charge in [-0.15, -0.1) is 0 Å². The summed E-state index contributed by atoms with van der Waals surface area (Å²) in [7, 11) is -3.03. The van der Waals surface area contributed by atoms with Crippen molar-refractivity contribution in [2.24, 2.45) is 0 Å². The van der Waals surface area contributed by atoms with Gasteiger partial charge in [-0.1, -0.05) is 0 Å². The SMILES string of the molecule is CN(CCC(=O)O)S(=O)(=O)Nc1ccc([N+](=O)[O-])cc1F. The van der Waals surface area contributed by atoms with E-state index in [1.165, 1.54) is 0 Å². The molecule has 116 valence electrons. The molecule has 1 aromatic rings. The molecule has 9 nitrogen and oxygen atoms in total. The molecule has 0 spiro atoms. The molecule has 0 fully saturated rings. The number of carboxylic acid groups (broad SMARTS) is 1. The lowest BCUT2D eigenvalue weighted by molar-refractivity contribution is -0.385. The fourth-order valence-electron chi connectivity index (χ4n) is 1.29. The molecule has 0 aliphatic heterocycles. The van der Waals surface area contributed by atoms with Gasteiger partial charge in [-0.3, -0.25) is 19.6 Å². The van der Waals surface area contributed by atoms with Crippen LogP contribution in [-0.2, 0) is 15.0 Å². The second-order valence-corrected chi connectivity index (χ2v) is 5.77. The van der Waals surface area contributed by atoms with Crippen LogP contribution in [0.2, 0.25) is 0 Å². The van der Waals surface area contributed by atoms with Crippen LogP contribution in [0.5, 0.6) is 0 Å². The molecule has 0 heterocycles. The number of benzene rings is 1. The van der Waals surface area contributed by atoms with Crippen molar-refractivity contribution in [2.75, 3.05) is 18.3 Å². The number of carbonyl (C=O) groups is 1. The van der Waals surface area contributed by atoms with Crippen molar-refractivity contribution in [3.63, 3.8) is 0 Å². The van der Waals surface area contributed by atoms with E-state index in [-0.39, 0.29) is 6.54 Å². The highest BCUT2D eigenvalue weighted by molar-refractivity contribution is 7.90. The Bertz CT molecular complexity index is 663. The lowest BCUT2D eigenvalue weighted by Crippen LogP contribution is -2.34. The van der Waals surface area contributed by atoms with E-state index in [4.69, 9.17) is 5.11 Å². The topological polar surface area (TPSA) is 130 Å². The Hall–Kier alpha value is -2.27. The minimum Gasteiger partial charge on any atom is -0.481 e. The quantitative estimate of drug-likeness (QED) is 0.564. The number of rotatable bonds is 7. The number of halogens is 1. The summed E-state index contributed by atoms with van der Waals surface area (Å²) in [5.74, 6) is -2.29. The van der Waals surface area contributed by atoms with E-state index in [0.717, 1.165) is 19.2 Å². The number of carboxylic acids is 1. The fraction of sp³-hybridized carbons (Fsp3) is 0.300. The van der Waals surface area contributed by atoms with Crippen LogP contribution in [0.25, 0.3) is 0 Å². The highest BCUT2D eigenvalue weighted by Gasteiger charge is 2.21. The van der Waals surface area contributed by atoms with Gasteiger partial charge in [0.25, 0.3) is 5.69 Å². The van der Waals surface area contributed by atoms with Gasteiger partial charge in [-0.2, -0.15) is 12.7 Å². The van der Waals surface area contributed by atoms with Crippen molar-refractivity contribution in [3.05, 3.63) is 34.1 Å². The number of nitrogens with zero attached hydrogens (tertiary/aromatic N) is 2. The maximum absolute atomic E-state index is 13.6. The van der Waals surface area contributed by atoms with Crippen LogP contribution >= 0.6 is 0 Å². The molecule has 0 atom stereocenters. The lowest BCUT2D eigenvalue weighted by Gasteiger charge is -2.17. The summed E-state index contributed by atoms with van der Waals surface area (Å²) in [6.07, 6.45) is -0.417. The van der Waals surface area contributed by atoms with E-state index < -0.39 is 44.7 Å². The average molecular weight is 321 g/mol. The Balaban J connectivity index is 2.89. The zero-order valence-corrected chi connectivity index (χ0v) is 11.6. The van der Waals surface area contributed by atoms with Gasteiger partial charge in [-0.05, 0) is 6.07 Å². The largest absolute Gasteiger partial charge is 0.481 e. The molecule has 0 saturated heterocycles. The zero-order chi connectivity index (χ0) is 16.2. The van der Waals surface area contributed by atoms with Crippen molar-refractivity contribution >= 4 is 27.6 Å². The Morgan fingerprint density at radius 2 is 2.14 bits per heavy atom. The van der Waals surface area contributed by atoms with E-state index in [2.05, 4.69) is 0 Å². The van der Waals surface area contributed by atoms with Crippen LogP contribution in [0.15, 0.2) is 18.2 Å². The molecule has 11 heteroatoms. The summed E-state index contributed by atoms with van der Waals surface area (Å²) in [5.41, 5.74) is -0.988. The molecule has 0 amide bonds. The molecule has 0 unspecified atom stereocenters. The third kappa shape index (κ3) is 4.65. The first kappa shape index (κ1) is 16.8. The number of aliphatic carboxylic acids is 1. The van der Waals surface area contributed by atoms with Crippen LogP contribution in [0.3, 0.4) is 0 Å². The minimum absolute atomic E-state index is 0.306. The standard InChI is InChI=1S/C10H12FN3O6S/c1-13(5-4-10(15)16)21(19,20)12-9-3-2-7(14(17)18)6-8(9)11/h2-3,6,12H,4-5H2,1H3,(H,15,16). The molecule has 1 aromatic carbocycles. The van der Waals surface area contributed by atoms with Gasteiger partial charge >= 0.3 is 16.2 Å². The smallest absolute Gasteiger partial charge is 0.304 e. The molecule has 0 saturated carbocycles. The number of hydrogen-bond donors (Lipinski definition) is 2. The molecule has 0 aliphatic rings. The molecule has 0 aromatic heterocycles. The summed E-state index contributed by atoms with van der Waals surface area (Å²) >= 11 is 0. The monoisotopic (exact) mass is 321 g/mol. The molecule has 1 rings (SSSR count). The van der Waals surface area contributed by atoms with Crippen molar-refractivity contribution in [2.45, 2.75) is 6.42 Å². The predicted molar refractivity (Wildman–Crippen MR) is 70.5 cm³/mol. The van der Waals surface area contributed by atoms with Crippen molar-refractivity contribution in [1.29, 1.82) is 0 Å². The Morgan fingerprint density at radius 1 is 1.52 bits per heavy atom. The summed E-state index contributed by atoms with van der Waals surface area (Å²) < 4.78 is 39.8. The number of nitro groups is 1. The molecule has 0 radical (unpaired) electrons. The second-order valence-electron chi connectivity index (χ2n) is 3.99. The maximum Gasteiger partial charge on any atom is 0.304 e. The van der Waals surface area contributed by atoms with Crippen LogP contribution in [0.1, 0.15) is 6.42 Å². The Kier molecular flexibility index (Phi) is 5.16. The number of hydrogen-bond acceptors (Lipinski definition) is 5. The van der Waals surface area contributed by atoms with Gasteiger partial charge < -0.3 is 5.11 Å². The summed E-state index contributed by atoms with van der Waals surface area (Å²) in [5, 5.41) is 18.9. The van der Waals surface area contributed by atoms with Gasteiger partial charge in [0.05, 0.1) is 23.1 Å². The molecule has 2 N–H and O–H groups in total. The Labute approximate surface area is 119 Å². The van der Waals surface area contributed by atoms with Gasteiger partial charge in [-0.25, -0.2) is 4.39 Å². The molecular weight excluding hydrogens is 309 g/mol. The van der Waals surface area contributed by atoms with Crippen molar-refractivity contribution < 1.29 is 27.6 Å². The maximum atomic E-state index is 13.6. The molecule has 0 bridgehead atoms. The van der Waals surface area contributed by atoms with E-state index in [1.54, 1.807) is 0 Å². The first-order valence-corrected chi connectivity index (χ1v) is 6.97. The first-order chi connectivity index (χ1) is 9.63. The number of nitro benzene ring substituents is 1. The van der Waals surface area contributed by atoms with E-state index in [9.17, 15) is 27.7 Å². The van der Waals surface area contributed by atoms with E-state index >= 15 is 0 Å². The molecular formula is C10H12FN3O6S. The average Bonchev–Trinajstić information content (AvgIpc) is 2.37. The first-order valence-electron chi connectivity index (χ1n) is 5.53. The van der Waals surface area contributed by atoms with Crippen molar-refractivity contribution in [1.82, 2.24) is 4.31 Å². The zero-order valence-electron chi connectivity index (χ0n) is 10.8. The summed E-state index contributed by atoms with van der Waals surface area (Å²) in [6.45, 7) is -0.306. The second kappa shape index (κ2) is 6.45. The van der Waals surface area contributed by atoms with Gasteiger partial charge in [0.1, 0.15) is 0 Å². The minimum atomic E-state index is -4.15. The van der Waals surface area contributed by atoms with Crippen LogP contribution in [-0.4, -0.2) is 42.3 Å². The third-order valence-corrected chi connectivity index (χ3v) is 3.93.